The predicted molar refractivity (Wildman–Crippen MR) is 106 cm³/mol. The van der Waals surface area contributed by atoms with Gasteiger partial charge in [-0.1, -0.05) is 38.8 Å². The zero-order valence-electron chi connectivity index (χ0n) is 14.9. The van der Waals surface area contributed by atoms with Crippen molar-refractivity contribution in [2.45, 2.75) is 19.0 Å². The molecule has 4 rings (SSSR count). The summed E-state index contributed by atoms with van der Waals surface area (Å²) in [4.78, 5) is 39.0. The Labute approximate surface area is 169 Å². The number of imide groups is 1. The number of carbonyl (C=O) groups is 3. The van der Waals surface area contributed by atoms with Gasteiger partial charge in [-0.05, 0) is 43.3 Å². The van der Waals surface area contributed by atoms with Crippen LogP contribution in [0.4, 0.5) is 11.4 Å². The molecular formula is C19H16BrN5O3. The van der Waals surface area contributed by atoms with E-state index in [0.29, 0.717) is 11.4 Å². The number of halogens is 1. The molecule has 1 saturated heterocycles. The highest BCUT2D eigenvalue weighted by Crippen LogP contribution is 2.32. The molecule has 1 N–H and O–H groups in total. The van der Waals surface area contributed by atoms with Crippen molar-refractivity contribution in [2.75, 3.05) is 16.8 Å². The molecule has 2 heterocycles. The third kappa shape index (κ3) is 3.29. The van der Waals surface area contributed by atoms with Crippen LogP contribution in [0.25, 0.3) is 0 Å². The molecule has 0 spiro atoms. The van der Waals surface area contributed by atoms with E-state index in [0.717, 1.165) is 14.9 Å². The smallest absolute Gasteiger partial charge is 0.263 e. The van der Waals surface area contributed by atoms with Gasteiger partial charge in [-0.25, -0.2) is 4.90 Å². The molecule has 0 aromatic heterocycles. The van der Waals surface area contributed by atoms with Crippen molar-refractivity contribution in [1.82, 2.24) is 5.01 Å². The molecule has 2 atom stereocenters. The van der Waals surface area contributed by atoms with E-state index in [9.17, 15) is 14.4 Å². The predicted octanol–water partition coefficient (Wildman–Crippen LogP) is 2.69. The number of aryl methyl sites for hydroxylation is 1. The van der Waals surface area contributed by atoms with Gasteiger partial charge in [0.2, 0.25) is 5.91 Å². The molecule has 1 fully saturated rings. The SMILES string of the molecule is Cc1ccc(NC(=O)CN2N=NC3C(=O)N(c4ccc(Br)cc4)C(=O)C32)cc1. The quantitative estimate of drug-likeness (QED) is 0.737. The number of hydrogen-bond acceptors (Lipinski definition) is 6. The maximum atomic E-state index is 12.9. The number of anilines is 2. The Morgan fingerprint density at radius 2 is 1.75 bits per heavy atom. The molecule has 3 amide bonds. The molecule has 9 heteroatoms. The normalized spacial score (nSPS) is 20.6. The number of carbonyl (C=O) groups excluding carboxylic acids is 3. The average Bonchev–Trinajstić information content (AvgIpc) is 3.18. The van der Waals surface area contributed by atoms with Crippen LogP contribution in [-0.2, 0) is 14.4 Å². The number of fused-ring (bicyclic) bond motifs is 1. The van der Waals surface area contributed by atoms with Crippen LogP contribution < -0.4 is 10.2 Å². The van der Waals surface area contributed by atoms with Crippen molar-refractivity contribution in [3.05, 3.63) is 58.6 Å². The molecule has 8 nitrogen and oxygen atoms in total. The van der Waals surface area contributed by atoms with Crippen LogP contribution in [0.3, 0.4) is 0 Å². The maximum Gasteiger partial charge on any atom is 0.263 e. The van der Waals surface area contributed by atoms with Gasteiger partial charge >= 0.3 is 0 Å². The van der Waals surface area contributed by atoms with Gasteiger partial charge in [-0.15, -0.1) is 0 Å². The first-order chi connectivity index (χ1) is 13.4. The van der Waals surface area contributed by atoms with Crippen molar-refractivity contribution < 1.29 is 14.4 Å². The topological polar surface area (TPSA) is 94.4 Å². The van der Waals surface area contributed by atoms with E-state index in [2.05, 4.69) is 31.6 Å². The Bertz CT molecular complexity index is 974. The molecule has 0 aliphatic carbocycles. The Hall–Kier alpha value is -3.07. The first kappa shape index (κ1) is 18.3. The molecule has 0 radical (unpaired) electrons. The van der Waals surface area contributed by atoms with Crippen LogP contribution in [0, 0.1) is 6.92 Å². The highest BCUT2D eigenvalue weighted by molar-refractivity contribution is 9.10. The van der Waals surface area contributed by atoms with E-state index >= 15 is 0 Å². The minimum atomic E-state index is -0.927. The molecule has 2 aliphatic heterocycles. The monoisotopic (exact) mass is 441 g/mol. The van der Waals surface area contributed by atoms with Gasteiger partial charge in [0.25, 0.3) is 11.8 Å². The minimum absolute atomic E-state index is 0.175. The zero-order valence-corrected chi connectivity index (χ0v) is 16.5. The lowest BCUT2D eigenvalue weighted by molar-refractivity contribution is -0.123. The highest BCUT2D eigenvalue weighted by atomic mass is 79.9. The first-order valence-electron chi connectivity index (χ1n) is 8.61. The van der Waals surface area contributed by atoms with Crippen molar-refractivity contribution in [1.29, 1.82) is 0 Å². The van der Waals surface area contributed by atoms with Gasteiger partial charge in [-0.3, -0.25) is 19.4 Å². The number of benzene rings is 2. The summed E-state index contributed by atoms with van der Waals surface area (Å²) in [6.45, 7) is 1.78. The summed E-state index contributed by atoms with van der Waals surface area (Å²) in [6.07, 6.45) is 0. The van der Waals surface area contributed by atoms with Gasteiger partial charge in [0, 0.05) is 10.2 Å². The Kier molecular flexibility index (Phi) is 4.68. The molecular weight excluding hydrogens is 426 g/mol. The van der Waals surface area contributed by atoms with Gasteiger partial charge in [0.15, 0.2) is 12.1 Å². The van der Waals surface area contributed by atoms with Crippen LogP contribution in [0.15, 0.2) is 63.3 Å². The van der Waals surface area contributed by atoms with Crippen LogP contribution in [0.5, 0.6) is 0 Å². The van der Waals surface area contributed by atoms with E-state index < -0.39 is 23.9 Å². The van der Waals surface area contributed by atoms with E-state index in [-0.39, 0.29) is 12.5 Å². The molecule has 2 aromatic rings. The largest absolute Gasteiger partial charge is 0.324 e. The number of amides is 3. The van der Waals surface area contributed by atoms with Gasteiger partial charge in [0.05, 0.1) is 5.69 Å². The van der Waals surface area contributed by atoms with Crippen LogP contribution in [-0.4, -0.2) is 41.4 Å². The Morgan fingerprint density at radius 1 is 1.07 bits per heavy atom. The summed E-state index contributed by atoms with van der Waals surface area (Å²) in [5.74, 6) is -1.22. The number of hydrogen-bond donors (Lipinski definition) is 1. The van der Waals surface area contributed by atoms with E-state index in [4.69, 9.17) is 0 Å². The summed E-state index contributed by atoms with van der Waals surface area (Å²) < 4.78 is 0.838. The number of rotatable bonds is 4. The Balaban J connectivity index is 1.48. The third-order valence-electron chi connectivity index (χ3n) is 4.58. The molecule has 2 aliphatic rings. The molecule has 2 aromatic carbocycles. The van der Waals surface area contributed by atoms with E-state index in [1.165, 1.54) is 5.01 Å². The lowest BCUT2D eigenvalue weighted by Crippen LogP contribution is -2.43. The molecule has 0 bridgehead atoms. The summed E-state index contributed by atoms with van der Waals surface area (Å²) in [5.41, 5.74) is 2.19. The van der Waals surface area contributed by atoms with Crippen molar-refractivity contribution in [3.63, 3.8) is 0 Å². The number of nitrogens with one attached hydrogen (secondary N) is 1. The second-order valence-electron chi connectivity index (χ2n) is 6.59. The summed E-state index contributed by atoms with van der Waals surface area (Å²) >= 11 is 3.33. The fourth-order valence-electron chi connectivity index (χ4n) is 3.18. The van der Waals surface area contributed by atoms with Crippen LogP contribution in [0.2, 0.25) is 0 Å². The molecule has 28 heavy (non-hydrogen) atoms. The van der Waals surface area contributed by atoms with Gasteiger partial charge in [0.1, 0.15) is 6.54 Å². The Morgan fingerprint density at radius 3 is 2.43 bits per heavy atom. The fraction of sp³-hybridized carbons (Fsp3) is 0.211. The average molecular weight is 442 g/mol. The summed E-state index contributed by atoms with van der Waals surface area (Å²) in [7, 11) is 0. The van der Waals surface area contributed by atoms with Crippen molar-refractivity contribution >= 4 is 45.0 Å². The maximum absolute atomic E-state index is 12.9. The molecule has 2 unspecified atom stereocenters. The van der Waals surface area contributed by atoms with Crippen LogP contribution in [0.1, 0.15) is 5.56 Å². The lowest BCUT2D eigenvalue weighted by atomic mass is 10.1. The van der Waals surface area contributed by atoms with Crippen molar-refractivity contribution in [2.24, 2.45) is 10.3 Å². The molecule has 142 valence electrons. The summed E-state index contributed by atoms with van der Waals surface area (Å²) in [6, 6.07) is 12.4. The molecule has 0 saturated carbocycles. The van der Waals surface area contributed by atoms with Crippen LogP contribution >= 0.6 is 15.9 Å². The fourth-order valence-corrected chi connectivity index (χ4v) is 3.45. The van der Waals surface area contributed by atoms with Gasteiger partial charge in [-0.2, -0.15) is 5.11 Å². The second-order valence-corrected chi connectivity index (χ2v) is 7.51. The standard InChI is InChI=1S/C19H16BrN5O3/c1-11-2-6-13(7-3-11)21-15(26)10-24-17-16(22-23-24)18(27)25(19(17)28)14-8-4-12(20)5-9-14/h2-9,16-17H,10H2,1H3,(H,21,26). The summed E-state index contributed by atoms with van der Waals surface area (Å²) in [5, 5.41) is 11.8. The third-order valence-corrected chi connectivity index (χ3v) is 5.11. The van der Waals surface area contributed by atoms with E-state index in [1.807, 2.05) is 19.1 Å². The van der Waals surface area contributed by atoms with Crippen molar-refractivity contribution in [3.8, 4) is 0 Å². The number of nitrogens with zero attached hydrogens (tertiary/aromatic N) is 4. The van der Waals surface area contributed by atoms with E-state index in [1.54, 1.807) is 36.4 Å². The highest BCUT2D eigenvalue weighted by Gasteiger charge is 2.55. The minimum Gasteiger partial charge on any atom is -0.324 e. The van der Waals surface area contributed by atoms with Gasteiger partial charge < -0.3 is 5.32 Å². The second kappa shape index (κ2) is 7.16. The lowest BCUT2D eigenvalue weighted by Gasteiger charge is -2.20. The zero-order chi connectivity index (χ0) is 19.8. The first-order valence-corrected chi connectivity index (χ1v) is 9.40.